The van der Waals surface area contributed by atoms with Gasteiger partial charge in [0, 0.05) is 11.4 Å². The zero-order chi connectivity index (χ0) is 22.4. The molecule has 2 saturated heterocycles. The summed E-state index contributed by atoms with van der Waals surface area (Å²) in [5, 5.41) is 39.9. The summed E-state index contributed by atoms with van der Waals surface area (Å²) in [7, 11) is 0. The van der Waals surface area contributed by atoms with Crippen LogP contribution >= 0.6 is 23.4 Å². The van der Waals surface area contributed by atoms with Crippen molar-refractivity contribution in [2.24, 2.45) is 0 Å². The Morgan fingerprint density at radius 1 is 1.19 bits per heavy atom. The van der Waals surface area contributed by atoms with Crippen molar-refractivity contribution in [3.63, 3.8) is 0 Å². The lowest BCUT2D eigenvalue weighted by Gasteiger charge is -2.36. The van der Waals surface area contributed by atoms with E-state index in [2.05, 4.69) is 0 Å². The van der Waals surface area contributed by atoms with E-state index in [1.807, 2.05) is 12.1 Å². The summed E-state index contributed by atoms with van der Waals surface area (Å²) in [6.45, 7) is 0.899. The molecular formula is C21H29ClO8S. The highest BCUT2D eigenvalue weighted by atomic mass is 35.5. The highest BCUT2D eigenvalue weighted by molar-refractivity contribution is 8.14. The largest absolute Gasteiger partial charge is 0.494 e. The summed E-state index contributed by atoms with van der Waals surface area (Å²) in [5.41, 5.74) is -2.33. The quantitative estimate of drug-likeness (QED) is 0.215. The van der Waals surface area contributed by atoms with E-state index in [0.29, 0.717) is 36.4 Å². The van der Waals surface area contributed by atoms with Crippen LogP contribution in [0.25, 0.3) is 0 Å². The minimum Gasteiger partial charge on any atom is -0.494 e. The summed E-state index contributed by atoms with van der Waals surface area (Å²) in [6, 6.07) is 7.21. The van der Waals surface area contributed by atoms with Crippen molar-refractivity contribution in [1.82, 2.24) is 0 Å². The predicted octanol–water partition coefficient (Wildman–Crippen LogP) is 1.85. The molecule has 2 heterocycles. The predicted molar refractivity (Wildman–Crippen MR) is 115 cm³/mol. The molecule has 2 fully saturated rings. The Morgan fingerprint density at radius 2 is 1.87 bits per heavy atom. The Bertz CT molecular complexity index is 714. The molecule has 0 bridgehead atoms. The van der Waals surface area contributed by atoms with E-state index in [4.69, 9.17) is 25.8 Å². The van der Waals surface area contributed by atoms with Crippen molar-refractivity contribution in [1.29, 1.82) is 0 Å². The number of hydrogen-bond acceptors (Lipinski definition) is 9. The van der Waals surface area contributed by atoms with E-state index < -0.39 is 35.6 Å². The number of benzene rings is 1. The van der Waals surface area contributed by atoms with Crippen molar-refractivity contribution in [2.45, 2.75) is 74.2 Å². The number of rotatable bonds is 11. The molecule has 2 aliphatic heterocycles. The first-order valence-electron chi connectivity index (χ1n) is 10.4. The van der Waals surface area contributed by atoms with Gasteiger partial charge < -0.3 is 34.6 Å². The molecule has 3 rings (SSSR count). The summed E-state index contributed by atoms with van der Waals surface area (Å²) in [6.07, 6.45) is -1.23. The van der Waals surface area contributed by atoms with E-state index in [1.54, 1.807) is 12.1 Å². The first kappa shape index (κ1) is 24.7. The molecule has 3 unspecified atom stereocenters. The number of epoxide rings is 1. The zero-order valence-electron chi connectivity index (χ0n) is 17.1. The third-order valence-electron chi connectivity index (χ3n) is 5.42. The van der Waals surface area contributed by atoms with Gasteiger partial charge in [0.25, 0.3) is 0 Å². The van der Waals surface area contributed by atoms with Gasteiger partial charge in [-0.3, -0.25) is 4.79 Å². The molecule has 6 atom stereocenters. The lowest BCUT2D eigenvalue weighted by atomic mass is 10.0. The number of unbranched alkanes of at least 4 members (excludes halogenated alkanes) is 3. The van der Waals surface area contributed by atoms with Gasteiger partial charge in [-0.25, -0.2) is 0 Å². The molecular weight excluding hydrogens is 448 g/mol. The fourth-order valence-electron chi connectivity index (χ4n) is 3.44. The fraction of sp³-hybridized carbons (Fsp3) is 0.667. The van der Waals surface area contributed by atoms with Crippen molar-refractivity contribution in [3.8, 4) is 5.75 Å². The van der Waals surface area contributed by atoms with E-state index in [1.165, 1.54) is 0 Å². The molecule has 0 spiro atoms. The SMILES string of the molecule is O=C(SC(O)[C@H]1OC(O)C[C@@H](O)[C@@H]1O)C1(CCCCCCOc2ccc(Cl)cc2)CO1. The highest BCUT2D eigenvalue weighted by Gasteiger charge is 2.53. The fourth-order valence-corrected chi connectivity index (χ4v) is 4.58. The minimum atomic E-state index is -1.42. The number of aliphatic hydroxyl groups excluding tert-OH is 4. The molecule has 8 nitrogen and oxygen atoms in total. The lowest BCUT2D eigenvalue weighted by molar-refractivity contribution is -0.243. The van der Waals surface area contributed by atoms with Crippen LogP contribution in [0.15, 0.2) is 24.3 Å². The number of halogens is 1. The van der Waals surface area contributed by atoms with E-state index in [0.717, 1.165) is 31.4 Å². The molecule has 174 valence electrons. The Labute approximate surface area is 190 Å². The number of thioether (sulfide) groups is 1. The van der Waals surface area contributed by atoms with Crippen LogP contribution in [-0.4, -0.2) is 74.4 Å². The second-order valence-corrected chi connectivity index (χ2v) is 9.42. The number of carbonyl (C=O) groups is 1. The second-order valence-electron chi connectivity index (χ2n) is 7.89. The monoisotopic (exact) mass is 476 g/mol. The third-order valence-corrected chi connectivity index (χ3v) is 6.77. The van der Waals surface area contributed by atoms with Gasteiger partial charge in [0.05, 0.1) is 19.3 Å². The van der Waals surface area contributed by atoms with Crippen molar-refractivity contribution in [3.05, 3.63) is 29.3 Å². The Hall–Kier alpha value is -0.910. The smallest absolute Gasteiger partial charge is 0.225 e. The van der Waals surface area contributed by atoms with Crippen LogP contribution in [0.1, 0.15) is 38.5 Å². The third kappa shape index (κ3) is 7.03. The van der Waals surface area contributed by atoms with Gasteiger partial charge in [0.1, 0.15) is 23.4 Å². The first-order chi connectivity index (χ1) is 14.8. The summed E-state index contributed by atoms with van der Waals surface area (Å²) in [4.78, 5) is 12.6. The number of carbonyl (C=O) groups excluding carboxylic acids is 1. The molecule has 4 N–H and O–H groups in total. The maximum atomic E-state index is 12.6. The maximum Gasteiger partial charge on any atom is 0.225 e. The molecule has 1 aromatic carbocycles. The van der Waals surface area contributed by atoms with Gasteiger partial charge in [-0.15, -0.1) is 0 Å². The first-order valence-corrected chi connectivity index (χ1v) is 11.7. The lowest BCUT2D eigenvalue weighted by Crippen LogP contribution is -2.52. The standard InChI is InChI=1S/C21H29ClO8S/c22-13-5-7-14(8-6-13)28-10-4-2-1-3-9-21(12-29-21)20(27)31-19(26)18-17(25)15(23)11-16(24)30-18/h5-8,15-19,23-26H,1-4,9-12H2/t15-,16?,17+,18+,19?,21?/m1/s1. The van der Waals surface area contributed by atoms with Gasteiger partial charge >= 0.3 is 0 Å². The normalized spacial score (nSPS) is 31.3. The summed E-state index contributed by atoms with van der Waals surface area (Å²) < 4.78 is 16.1. The zero-order valence-corrected chi connectivity index (χ0v) is 18.6. The molecule has 31 heavy (non-hydrogen) atoms. The van der Waals surface area contributed by atoms with Crippen molar-refractivity contribution >= 4 is 28.5 Å². The van der Waals surface area contributed by atoms with Crippen LogP contribution in [0.5, 0.6) is 5.75 Å². The second kappa shape index (κ2) is 11.3. The van der Waals surface area contributed by atoms with Crippen LogP contribution in [0.2, 0.25) is 5.02 Å². The van der Waals surface area contributed by atoms with E-state index in [-0.39, 0.29) is 11.5 Å². The van der Waals surface area contributed by atoms with Gasteiger partial charge in [0.15, 0.2) is 11.9 Å². The van der Waals surface area contributed by atoms with Crippen LogP contribution in [0.4, 0.5) is 0 Å². The summed E-state index contributed by atoms with van der Waals surface area (Å²) >= 11 is 6.45. The van der Waals surface area contributed by atoms with Crippen molar-refractivity contribution in [2.75, 3.05) is 13.2 Å². The molecule has 0 radical (unpaired) electrons. The Kier molecular flexibility index (Phi) is 9.01. The van der Waals surface area contributed by atoms with Gasteiger partial charge in [-0.1, -0.05) is 36.2 Å². The van der Waals surface area contributed by atoms with Crippen molar-refractivity contribution < 1.29 is 39.4 Å². The molecule has 0 aromatic heterocycles. The van der Waals surface area contributed by atoms with E-state index in [9.17, 15) is 25.2 Å². The van der Waals surface area contributed by atoms with Crippen LogP contribution in [0.3, 0.4) is 0 Å². The molecule has 0 amide bonds. The number of ether oxygens (including phenoxy) is 3. The number of aliphatic hydroxyl groups is 4. The summed E-state index contributed by atoms with van der Waals surface area (Å²) in [5.74, 6) is 0.781. The van der Waals surface area contributed by atoms with Gasteiger partial charge in [0.2, 0.25) is 5.12 Å². The van der Waals surface area contributed by atoms with Crippen LogP contribution in [0, 0.1) is 0 Å². The van der Waals surface area contributed by atoms with Gasteiger partial charge in [-0.05, 0) is 43.5 Å². The van der Waals surface area contributed by atoms with Gasteiger partial charge in [-0.2, -0.15) is 0 Å². The molecule has 10 heteroatoms. The molecule has 0 aliphatic carbocycles. The number of hydrogen-bond donors (Lipinski definition) is 4. The highest BCUT2D eigenvalue weighted by Crippen LogP contribution is 2.40. The average molecular weight is 477 g/mol. The topological polar surface area (TPSA) is 129 Å². The minimum absolute atomic E-state index is 0.152. The molecule has 1 aromatic rings. The average Bonchev–Trinajstić information content (AvgIpc) is 3.52. The van der Waals surface area contributed by atoms with Crippen LogP contribution in [-0.2, 0) is 14.3 Å². The Morgan fingerprint density at radius 3 is 2.55 bits per heavy atom. The Balaban J connectivity index is 1.32. The van der Waals surface area contributed by atoms with E-state index >= 15 is 0 Å². The molecule has 0 saturated carbocycles. The maximum absolute atomic E-state index is 12.6. The molecule has 2 aliphatic rings. The van der Waals surface area contributed by atoms with Crippen LogP contribution < -0.4 is 4.74 Å².